The van der Waals surface area contributed by atoms with Gasteiger partial charge >= 0.3 is 0 Å². The third-order valence-corrected chi connectivity index (χ3v) is 5.16. The number of hydrogen-bond donors (Lipinski definition) is 1. The zero-order valence-electron chi connectivity index (χ0n) is 15.1. The molecule has 2 heterocycles. The number of aliphatic hydroxyl groups excluding tert-OH is 1. The van der Waals surface area contributed by atoms with Gasteiger partial charge in [0, 0.05) is 24.7 Å². The van der Waals surface area contributed by atoms with Crippen molar-refractivity contribution in [2.45, 2.75) is 53.1 Å². The van der Waals surface area contributed by atoms with Crippen molar-refractivity contribution in [3.05, 3.63) is 39.5 Å². The lowest BCUT2D eigenvalue weighted by Crippen LogP contribution is -2.37. The van der Waals surface area contributed by atoms with Crippen molar-refractivity contribution in [3.63, 3.8) is 0 Å². The minimum atomic E-state index is -0.619. The van der Waals surface area contributed by atoms with E-state index in [0.29, 0.717) is 34.3 Å². The molecule has 1 aromatic carbocycles. The van der Waals surface area contributed by atoms with Crippen LogP contribution in [0.5, 0.6) is 0 Å². The van der Waals surface area contributed by atoms with Gasteiger partial charge in [-0.05, 0) is 49.3 Å². The van der Waals surface area contributed by atoms with Gasteiger partial charge in [-0.2, -0.15) is 0 Å². The Morgan fingerprint density at radius 3 is 2.54 bits per heavy atom. The standard InChI is InChI=1S/C20H27NO3/c1-5-16(22)14-10-13(2)11-15-17(23)12-18(24-19(14)15)21-8-6-20(3,4)7-9-21/h10-12,16,22H,5-9H2,1-4H3. The van der Waals surface area contributed by atoms with E-state index in [4.69, 9.17) is 4.42 Å². The van der Waals surface area contributed by atoms with Crippen LogP contribution in [-0.2, 0) is 0 Å². The van der Waals surface area contributed by atoms with Crippen LogP contribution in [0.15, 0.2) is 27.4 Å². The highest BCUT2D eigenvalue weighted by Crippen LogP contribution is 2.34. The molecule has 1 aliphatic rings. The molecule has 1 fully saturated rings. The van der Waals surface area contributed by atoms with E-state index in [1.807, 2.05) is 26.0 Å². The highest BCUT2D eigenvalue weighted by atomic mass is 16.4. The van der Waals surface area contributed by atoms with Crippen LogP contribution >= 0.6 is 0 Å². The van der Waals surface area contributed by atoms with Crippen LogP contribution in [0.3, 0.4) is 0 Å². The SMILES string of the molecule is CCC(O)c1cc(C)cc2c(=O)cc(N3CCC(C)(C)CC3)oc12. The van der Waals surface area contributed by atoms with E-state index in [9.17, 15) is 9.90 Å². The van der Waals surface area contributed by atoms with Crippen LogP contribution in [0.4, 0.5) is 5.88 Å². The highest BCUT2D eigenvalue weighted by molar-refractivity contribution is 5.82. The molecule has 24 heavy (non-hydrogen) atoms. The summed E-state index contributed by atoms with van der Waals surface area (Å²) < 4.78 is 6.13. The van der Waals surface area contributed by atoms with Crippen molar-refractivity contribution in [2.75, 3.05) is 18.0 Å². The fraction of sp³-hybridized carbons (Fsp3) is 0.550. The largest absolute Gasteiger partial charge is 0.440 e. The predicted octanol–water partition coefficient (Wildman–Crippen LogP) is 4.17. The minimum Gasteiger partial charge on any atom is -0.440 e. The number of piperidine rings is 1. The molecule has 1 saturated heterocycles. The van der Waals surface area contributed by atoms with Gasteiger partial charge in [0.2, 0.25) is 0 Å². The summed E-state index contributed by atoms with van der Waals surface area (Å²) in [4.78, 5) is 14.8. The summed E-state index contributed by atoms with van der Waals surface area (Å²) in [6.07, 6.45) is 2.12. The summed E-state index contributed by atoms with van der Waals surface area (Å²) in [5.74, 6) is 0.622. The number of benzene rings is 1. The molecule has 4 heteroatoms. The second-order valence-electron chi connectivity index (χ2n) is 7.76. The molecule has 2 aromatic rings. The summed E-state index contributed by atoms with van der Waals surface area (Å²) in [5, 5.41) is 10.9. The Kier molecular flexibility index (Phi) is 4.43. The fourth-order valence-electron chi connectivity index (χ4n) is 3.38. The van der Waals surface area contributed by atoms with Gasteiger partial charge in [-0.15, -0.1) is 0 Å². The molecule has 1 N–H and O–H groups in total. The van der Waals surface area contributed by atoms with Gasteiger partial charge in [0.1, 0.15) is 5.58 Å². The maximum atomic E-state index is 12.6. The van der Waals surface area contributed by atoms with Crippen molar-refractivity contribution in [2.24, 2.45) is 5.41 Å². The number of aliphatic hydroxyl groups is 1. The molecular formula is C20H27NO3. The van der Waals surface area contributed by atoms with Crippen molar-refractivity contribution in [1.82, 2.24) is 0 Å². The first-order valence-corrected chi connectivity index (χ1v) is 8.82. The van der Waals surface area contributed by atoms with Crippen molar-refractivity contribution in [1.29, 1.82) is 0 Å². The summed E-state index contributed by atoms with van der Waals surface area (Å²) in [6.45, 7) is 10.2. The first-order valence-electron chi connectivity index (χ1n) is 8.82. The monoisotopic (exact) mass is 329 g/mol. The normalized spacial score (nSPS) is 18.8. The molecule has 0 saturated carbocycles. The Morgan fingerprint density at radius 1 is 1.25 bits per heavy atom. The van der Waals surface area contributed by atoms with Gasteiger partial charge in [-0.1, -0.05) is 20.8 Å². The Balaban J connectivity index is 2.09. The molecule has 0 radical (unpaired) electrons. The second kappa shape index (κ2) is 6.25. The summed E-state index contributed by atoms with van der Waals surface area (Å²) in [6, 6.07) is 5.36. The van der Waals surface area contributed by atoms with Crippen LogP contribution in [0.1, 0.15) is 57.3 Å². The molecule has 1 aliphatic heterocycles. The van der Waals surface area contributed by atoms with Crippen molar-refractivity contribution >= 4 is 16.9 Å². The Bertz CT molecular complexity index is 796. The van der Waals surface area contributed by atoms with Crippen LogP contribution < -0.4 is 10.3 Å². The fourth-order valence-corrected chi connectivity index (χ4v) is 3.38. The molecule has 1 aromatic heterocycles. The maximum Gasteiger partial charge on any atom is 0.200 e. The lowest BCUT2D eigenvalue weighted by Gasteiger charge is -2.37. The van der Waals surface area contributed by atoms with Crippen molar-refractivity contribution in [3.8, 4) is 0 Å². The Labute approximate surface area is 143 Å². The second-order valence-corrected chi connectivity index (χ2v) is 7.76. The number of anilines is 1. The molecule has 0 amide bonds. The average Bonchev–Trinajstić information content (AvgIpc) is 2.54. The molecule has 4 nitrogen and oxygen atoms in total. The van der Waals surface area contributed by atoms with E-state index < -0.39 is 6.10 Å². The number of nitrogens with zero attached hydrogens (tertiary/aromatic N) is 1. The van der Waals surface area contributed by atoms with Crippen LogP contribution in [-0.4, -0.2) is 18.2 Å². The molecule has 1 unspecified atom stereocenters. The summed E-state index contributed by atoms with van der Waals surface area (Å²) in [7, 11) is 0. The molecular weight excluding hydrogens is 302 g/mol. The van der Waals surface area contributed by atoms with Gasteiger partial charge in [0.25, 0.3) is 0 Å². The molecule has 0 aliphatic carbocycles. The highest BCUT2D eigenvalue weighted by Gasteiger charge is 2.27. The predicted molar refractivity (Wildman–Crippen MR) is 97.7 cm³/mol. The summed E-state index contributed by atoms with van der Waals surface area (Å²) in [5.41, 5.74) is 2.51. The van der Waals surface area contributed by atoms with Crippen LogP contribution in [0.2, 0.25) is 0 Å². The maximum absolute atomic E-state index is 12.6. The summed E-state index contributed by atoms with van der Waals surface area (Å²) >= 11 is 0. The van der Waals surface area contributed by atoms with E-state index in [-0.39, 0.29) is 5.43 Å². The Hall–Kier alpha value is -1.81. The topological polar surface area (TPSA) is 53.7 Å². The quantitative estimate of drug-likeness (QED) is 0.918. The number of fused-ring (bicyclic) bond motifs is 1. The van der Waals surface area contributed by atoms with E-state index in [0.717, 1.165) is 31.5 Å². The van der Waals surface area contributed by atoms with E-state index in [1.54, 1.807) is 6.07 Å². The zero-order valence-corrected chi connectivity index (χ0v) is 15.1. The van der Waals surface area contributed by atoms with E-state index in [2.05, 4.69) is 18.7 Å². The van der Waals surface area contributed by atoms with Gasteiger partial charge in [0.05, 0.1) is 11.5 Å². The van der Waals surface area contributed by atoms with Crippen LogP contribution in [0.25, 0.3) is 11.0 Å². The minimum absolute atomic E-state index is 0.0377. The van der Waals surface area contributed by atoms with Gasteiger partial charge in [-0.3, -0.25) is 4.79 Å². The zero-order chi connectivity index (χ0) is 17.5. The third kappa shape index (κ3) is 3.20. The number of rotatable bonds is 3. The molecule has 3 rings (SSSR count). The van der Waals surface area contributed by atoms with Gasteiger partial charge < -0.3 is 14.4 Å². The van der Waals surface area contributed by atoms with E-state index >= 15 is 0 Å². The molecule has 0 spiro atoms. The average molecular weight is 329 g/mol. The van der Waals surface area contributed by atoms with Gasteiger partial charge in [-0.25, -0.2) is 0 Å². The first kappa shape index (κ1) is 17.0. The Morgan fingerprint density at radius 2 is 1.92 bits per heavy atom. The number of aryl methyl sites for hydroxylation is 1. The van der Waals surface area contributed by atoms with Gasteiger partial charge in [0.15, 0.2) is 11.3 Å². The van der Waals surface area contributed by atoms with Crippen molar-refractivity contribution < 1.29 is 9.52 Å². The molecule has 0 bridgehead atoms. The number of hydrogen-bond acceptors (Lipinski definition) is 4. The lowest BCUT2D eigenvalue weighted by atomic mass is 9.83. The van der Waals surface area contributed by atoms with E-state index in [1.165, 1.54) is 0 Å². The third-order valence-electron chi connectivity index (χ3n) is 5.16. The smallest absolute Gasteiger partial charge is 0.200 e. The first-order chi connectivity index (χ1) is 11.3. The molecule has 1 atom stereocenters. The molecule has 130 valence electrons. The van der Waals surface area contributed by atoms with Crippen LogP contribution in [0, 0.1) is 12.3 Å². The lowest BCUT2D eigenvalue weighted by molar-refractivity contribution is 0.174.